The van der Waals surface area contributed by atoms with Crippen molar-refractivity contribution < 1.29 is 13.9 Å². The Hall–Kier alpha value is -4.38. The zero-order valence-corrected chi connectivity index (χ0v) is 28.6. The predicted octanol–water partition coefficient (Wildman–Crippen LogP) is 6.86. The molecule has 0 aliphatic carbocycles. The molecule has 1 unspecified atom stereocenters. The van der Waals surface area contributed by atoms with Crippen molar-refractivity contribution in [1.29, 1.82) is 0 Å². The molecule has 1 spiro atoms. The number of pyridine rings is 2. The number of hydrogen-bond donors (Lipinski definition) is 0. The molecular formula is C40H44FN7O2. The number of morpholine rings is 1. The Morgan fingerprint density at radius 3 is 2.42 bits per heavy atom. The van der Waals surface area contributed by atoms with Crippen LogP contribution < -0.4 is 9.80 Å². The molecule has 9 rings (SSSR count). The van der Waals surface area contributed by atoms with Gasteiger partial charge in [-0.1, -0.05) is 60.7 Å². The van der Waals surface area contributed by atoms with Crippen molar-refractivity contribution >= 4 is 22.4 Å². The molecule has 0 N–H and O–H groups in total. The van der Waals surface area contributed by atoms with Gasteiger partial charge in [-0.15, -0.1) is 0 Å². The minimum absolute atomic E-state index is 0.132. The van der Waals surface area contributed by atoms with Crippen LogP contribution >= 0.6 is 0 Å². The molecule has 0 radical (unpaired) electrons. The van der Waals surface area contributed by atoms with Crippen LogP contribution in [0.2, 0.25) is 0 Å². The Bertz CT molecular complexity index is 1920. The Kier molecular flexibility index (Phi) is 8.25. The molecule has 4 fully saturated rings. The van der Waals surface area contributed by atoms with Gasteiger partial charge in [0.2, 0.25) is 0 Å². The van der Waals surface area contributed by atoms with E-state index in [9.17, 15) is 0 Å². The number of ether oxygens (including phenoxy) is 2. The van der Waals surface area contributed by atoms with E-state index in [-0.39, 0.29) is 29.5 Å². The summed E-state index contributed by atoms with van der Waals surface area (Å²) in [5.41, 5.74) is 5.65. The van der Waals surface area contributed by atoms with Gasteiger partial charge in [-0.25, -0.2) is 19.0 Å². The van der Waals surface area contributed by atoms with E-state index in [1.807, 2.05) is 10.7 Å². The van der Waals surface area contributed by atoms with Crippen molar-refractivity contribution in [2.45, 2.75) is 50.9 Å². The Morgan fingerprint density at radius 1 is 0.920 bits per heavy atom. The van der Waals surface area contributed by atoms with Gasteiger partial charge in [0.15, 0.2) is 12.0 Å². The number of aromatic nitrogens is 4. The monoisotopic (exact) mass is 673 g/mol. The van der Waals surface area contributed by atoms with E-state index in [2.05, 4.69) is 93.5 Å². The van der Waals surface area contributed by atoms with Crippen LogP contribution in [-0.2, 0) is 9.47 Å². The molecule has 50 heavy (non-hydrogen) atoms. The van der Waals surface area contributed by atoms with E-state index in [1.54, 1.807) is 6.20 Å². The third-order valence-corrected chi connectivity index (χ3v) is 11.2. The zero-order chi connectivity index (χ0) is 33.7. The fourth-order valence-corrected chi connectivity index (χ4v) is 8.75. The summed E-state index contributed by atoms with van der Waals surface area (Å²) in [6, 6.07) is 26.1. The average molecular weight is 674 g/mol. The Labute approximate surface area is 292 Å². The number of anilines is 2. The maximum Gasteiger partial charge on any atom is 0.153 e. The molecular weight excluding hydrogens is 629 g/mol. The standard InChI is InChI=1S/C40H44FN7O2/c1-28-24-49-21-19-47(28)34-22-33(36-31(41)23-42-37(38(36)44-34)32-15-17-43-48(32)35-14-8-9-20-50-35)45-18-16-40(25-45)26-46(27-40)39(29-10-4-2-5-11-29)30-12-6-3-7-13-30/h2-7,10-13,15,17,22-23,28,35,39H,8-9,14,16,18-21,24-27H2,1H3/t28-,35?/m1/s1. The van der Waals surface area contributed by atoms with Crippen molar-refractivity contribution in [3.63, 3.8) is 0 Å². The molecule has 0 bridgehead atoms. The summed E-state index contributed by atoms with van der Waals surface area (Å²) in [6.07, 6.45) is 7.03. The number of rotatable bonds is 7. The van der Waals surface area contributed by atoms with Crippen LogP contribution in [-0.4, -0.2) is 83.2 Å². The first kappa shape index (κ1) is 31.6. The fraction of sp³-hybridized carbons (Fsp3) is 0.425. The highest BCUT2D eigenvalue weighted by molar-refractivity contribution is 6.00. The first-order valence-electron chi connectivity index (χ1n) is 18.1. The van der Waals surface area contributed by atoms with Crippen molar-refractivity contribution in [2.75, 3.05) is 62.3 Å². The van der Waals surface area contributed by atoms with Crippen molar-refractivity contribution in [2.24, 2.45) is 5.41 Å². The third-order valence-electron chi connectivity index (χ3n) is 11.2. The Morgan fingerprint density at radius 2 is 1.70 bits per heavy atom. The van der Waals surface area contributed by atoms with Gasteiger partial charge in [0.25, 0.3) is 0 Å². The molecule has 7 heterocycles. The van der Waals surface area contributed by atoms with Crippen LogP contribution in [0.3, 0.4) is 0 Å². The third kappa shape index (κ3) is 5.63. The largest absolute Gasteiger partial charge is 0.377 e. The smallest absolute Gasteiger partial charge is 0.153 e. The summed E-state index contributed by atoms with van der Waals surface area (Å²) < 4.78 is 30.1. The van der Waals surface area contributed by atoms with Crippen LogP contribution in [0.4, 0.5) is 15.9 Å². The van der Waals surface area contributed by atoms with Crippen molar-refractivity contribution in [3.8, 4) is 11.4 Å². The number of benzene rings is 2. The number of fused-ring (bicyclic) bond motifs is 1. The molecule has 2 atom stereocenters. The van der Waals surface area contributed by atoms with Gasteiger partial charge in [-0.2, -0.15) is 5.10 Å². The van der Waals surface area contributed by atoms with Crippen LogP contribution in [0.5, 0.6) is 0 Å². The number of likely N-dealkylation sites (tertiary alicyclic amines) is 1. The maximum atomic E-state index is 16.2. The van der Waals surface area contributed by atoms with Gasteiger partial charge in [0, 0.05) is 57.0 Å². The molecule has 4 aliphatic rings. The Balaban J connectivity index is 1.08. The van der Waals surface area contributed by atoms with Gasteiger partial charge < -0.3 is 19.3 Å². The summed E-state index contributed by atoms with van der Waals surface area (Å²) in [6.45, 7) is 8.55. The van der Waals surface area contributed by atoms with Crippen LogP contribution in [0.15, 0.2) is 85.2 Å². The first-order chi connectivity index (χ1) is 24.6. The minimum Gasteiger partial charge on any atom is -0.377 e. The molecule has 9 nitrogen and oxygen atoms in total. The number of nitrogens with zero attached hydrogens (tertiary/aromatic N) is 7. The van der Waals surface area contributed by atoms with E-state index < -0.39 is 0 Å². The molecule has 10 heteroatoms. The average Bonchev–Trinajstić information content (AvgIpc) is 3.82. The SMILES string of the molecule is C[C@@H]1COCCN1c1cc(N2CCC3(C2)CN(C(c2ccccc2)c2ccccc2)C3)c2c(F)cnc(-c3ccnn3C3CCCCO3)c2n1. The quantitative estimate of drug-likeness (QED) is 0.186. The van der Waals surface area contributed by atoms with E-state index in [0.717, 1.165) is 75.6 Å². The topological polar surface area (TPSA) is 71.8 Å². The first-order valence-corrected chi connectivity index (χ1v) is 18.1. The van der Waals surface area contributed by atoms with Crippen LogP contribution in [0, 0.1) is 11.2 Å². The van der Waals surface area contributed by atoms with Gasteiger partial charge in [0.05, 0.1) is 48.3 Å². The summed E-state index contributed by atoms with van der Waals surface area (Å²) in [7, 11) is 0. The van der Waals surface area contributed by atoms with Gasteiger partial charge in [-0.3, -0.25) is 4.90 Å². The molecule has 0 saturated carbocycles. The van der Waals surface area contributed by atoms with Gasteiger partial charge >= 0.3 is 0 Å². The van der Waals surface area contributed by atoms with Crippen LogP contribution in [0.25, 0.3) is 22.3 Å². The molecule has 5 aromatic rings. The lowest BCUT2D eigenvalue weighted by atomic mass is 9.76. The van der Waals surface area contributed by atoms with Gasteiger partial charge in [-0.05, 0) is 49.8 Å². The summed E-state index contributed by atoms with van der Waals surface area (Å²) in [5.74, 6) is 0.485. The summed E-state index contributed by atoms with van der Waals surface area (Å²) in [5, 5.41) is 5.19. The summed E-state index contributed by atoms with van der Waals surface area (Å²) >= 11 is 0. The second-order valence-electron chi connectivity index (χ2n) is 14.6. The second-order valence-corrected chi connectivity index (χ2v) is 14.6. The lowest BCUT2D eigenvalue weighted by molar-refractivity contribution is -0.0383. The van der Waals surface area contributed by atoms with Crippen LogP contribution in [0.1, 0.15) is 56.0 Å². The molecule has 3 aromatic heterocycles. The molecule has 258 valence electrons. The maximum absolute atomic E-state index is 16.2. The van der Waals surface area contributed by atoms with Crippen molar-refractivity contribution in [1.82, 2.24) is 24.6 Å². The molecule has 0 amide bonds. The number of hydrogen-bond acceptors (Lipinski definition) is 8. The fourth-order valence-electron chi connectivity index (χ4n) is 8.75. The summed E-state index contributed by atoms with van der Waals surface area (Å²) in [4.78, 5) is 17.2. The molecule has 2 aromatic carbocycles. The van der Waals surface area contributed by atoms with E-state index >= 15 is 4.39 Å². The van der Waals surface area contributed by atoms with E-state index in [4.69, 9.17) is 19.4 Å². The zero-order valence-electron chi connectivity index (χ0n) is 28.6. The lowest BCUT2D eigenvalue weighted by Crippen LogP contribution is -2.58. The van der Waals surface area contributed by atoms with E-state index in [1.165, 1.54) is 17.3 Å². The normalized spacial score (nSPS) is 22.5. The molecule has 4 aliphatic heterocycles. The van der Waals surface area contributed by atoms with Gasteiger partial charge in [0.1, 0.15) is 17.0 Å². The highest BCUT2D eigenvalue weighted by Gasteiger charge is 2.50. The second kappa shape index (κ2) is 13.1. The number of halogens is 1. The lowest BCUT2D eigenvalue weighted by Gasteiger charge is -2.52. The highest BCUT2D eigenvalue weighted by Crippen LogP contribution is 2.48. The molecule has 4 saturated heterocycles. The minimum atomic E-state index is -0.350. The van der Waals surface area contributed by atoms with Crippen molar-refractivity contribution in [3.05, 3.63) is 102 Å². The van der Waals surface area contributed by atoms with E-state index in [0.29, 0.717) is 36.4 Å². The predicted molar refractivity (Wildman–Crippen MR) is 193 cm³/mol. The highest BCUT2D eigenvalue weighted by atomic mass is 19.1.